The molecule has 29 heavy (non-hydrogen) atoms. The van der Waals surface area contributed by atoms with Gasteiger partial charge in [-0.05, 0) is 52.2 Å². The molecule has 0 aromatic carbocycles. The fourth-order valence-electron chi connectivity index (χ4n) is 4.13. The van der Waals surface area contributed by atoms with Crippen LogP contribution in [0.3, 0.4) is 0 Å². The van der Waals surface area contributed by atoms with Gasteiger partial charge in [-0.25, -0.2) is 0 Å². The summed E-state index contributed by atoms with van der Waals surface area (Å²) in [7, 11) is 0. The van der Waals surface area contributed by atoms with Crippen LogP contribution in [0.15, 0.2) is 108 Å². The summed E-state index contributed by atoms with van der Waals surface area (Å²) in [6.45, 7) is 24.6. The van der Waals surface area contributed by atoms with Crippen LogP contribution in [-0.4, -0.2) is 0 Å². The highest BCUT2D eigenvalue weighted by Gasteiger charge is 2.31. The highest BCUT2D eigenvalue weighted by atomic mass is 14.4. The van der Waals surface area contributed by atoms with Crippen LogP contribution < -0.4 is 0 Å². The van der Waals surface area contributed by atoms with E-state index in [9.17, 15) is 0 Å². The quantitative estimate of drug-likeness (QED) is 0.441. The van der Waals surface area contributed by atoms with Crippen molar-refractivity contribution in [3.8, 4) is 0 Å². The van der Waals surface area contributed by atoms with Gasteiger partial charge in [-0.2, -0.15) is 0 Å². The third-order valence-corrected chi connectivity index (χ3v) is 5.48. The Morgan fingerprint density at radius 2 is 1.48 bits per heavy atom. The predicted molar refractivity (Wildman–Crippen MR) is 133 cm³/mol. The third-order valence-electron chi connectivity index (χ3n) is 5.48. The van der Waals surface area contributed by atoms with Crippen LogP contribution in [0.4, 0.5) is 0 Å². The van der Waals surface area contributed by atoms with E-state index in [1.165, 1.54) is 33.4 Å². The molecule has 0 fully saturated rings. The second-order valence-corrected chi connectivity index (χ2v) is 7.06. The summed E-state index contributed by atoms with van der Waals surface area (Å²) in [5, 5.41) is 0. The molecule has 156 valence electrons. The van der Waals surface area contributed by atoms with Gasteiger partial charge in [0.1, 0.15) is 0 Å². The van der Waals surface area contributed by atoms with E-state index in [-0.39, 0.29) is 0 Å². The van der Waals surface area contributed by atoms with Crippen molar-refractivity contribution in [2.45, 2.75) is 54.4 Å². The van der Waals surface area contributed by atoms with Gasteiger partial charge in [0.2, 0.25) is 0 Å². The van der Waals surface area contributed by atoms with E-state index < -0.39 is 0 Å². The van der Waals surface area contributed by atoms with Gasteiger partial charge in [0.25, 0.3) is 0 Å². The van der Waals surface area contributed by atoms with Gasteiger partial charge < -0.3 is 0 Å². The second kappa shape index (κ2) is 12.3. The molecular formula is C29H40. The number of hydrogen-bond acceptors (Lipinski definition) is 0. The number of fused-ring (bicyclic) bond motifs is 1. The lowest BCUT2D eigenvalue weighted by Crippen LogP contribution is -2.22. The Hall–Kier alpha value is -2.34. The van der Waals surface area contributed by atoms with Crippen molar-refractivity contribution in [1.29, 1.82) is 0 Å². The topological polar surface area (TPSA) is 0 Å². The maximum absolute atomic E-state index is 4.06. The first kappa shape index (κ1) is 24.7. The zero-order chi connectivity index (χ0) is 22.0. The first-order valence-electron chi connectivity index (χ1n) is 11.3. The van der Waals surface area contributed by atoms with E-state index in [0.717, 1.165) is 12.8 Å². The molecule has 0 aromatic heterocycles. The molecule has 0 amide bonds. The van der Waals surface area contributed by atoms with Crippen LogP contribution in [0.1, 0.15) is 54.4 Å². The molecule has 3 atom stereocenters. The SMILES string of the molecule is C=CC1=CC2C=CC(CC)=C(C3=CC(C)CC=C3C=C)C2C=C1C=C.CC.CC. The van der Waals surface area contributed by atoms with Gasteiger partial charge in [0.05, 0.1) is 0 Å². The summed E-state index contributed by atoms with van der Waals surface area (Å²) < 4.78 is 0. The molecule has 0 saturated heterocycles. The Morgan fingerprint density at radius 1 is 0.897 bits per heavy atom. The van der Waals surface area contributed by atoms with Crippen LogP contribution in [0.25, 0.3) is 0 Å². The van der Waals surface area contributed by atoms with Gasteiger partial charge >= 0.3 is 0 Å². The Labute approximate surface area is 180 Å². The fourth-order valence-corrected chi connectivity index (χ4v) is 4.13. The molecule has 0 heteroatoms. The van der Waals surface area contributed by atoms with Gasteiger partial charge in [-0.1, -0.05) is 116 Å². The largest absolute Gasteiger partial charge is 0.0985 e. The fraction of sp³-hybridized carbons (Fsp3) is 0.379. The van der Waals surface area contributed by atoms with Gasteiger partial charge in [0, 0.05) is 11.8 Å². The molecule has 0 N–H and O–H groups in total. The lowest BCUT2D eigenvalue weighted by molar-refractivity contribution is 0.608. The van der Waals surface area contributed by atoms with Crippen molar-refractivity contribution in [3.05, 3.63) is 108 Å². The molecule has 0 nitrogen and oxygen atoms in total. The normalized spacial score (nSPS) is 24.8. The highest BCUT2D eigenvalue weighted by molar-refractivity contribution is 5.62. The van der Waals surface area contributed by atoms with Crippen LogP contribution in [0.2, 0.25) is 0 Å². The molecule has 3 unspecified atom stereocenters. The molecule has 0 aliphatic heterocycles. The van der Waals surface area contributed by atoms with Crippen LogP contribution in [-0.2, 0) is 0 Å². The highest BCUT2D eigenvalue weighted by Crippen LogP contribution is 2.45. The minimum atomic E-state index is 0.358. The summed E-state index contributed by atoms with van der Waals surface area (Å²) in [6.07, 6.45) is 22.2. The lowest BCUT2D eigenvalue weighted by atomic mass is 9.69. The van der Waals surface area contributed by atoms with Gasteiger partial charge in [-0.3, -0.25) is 0 Å². The molecular weight excluding hydrogens is 348 g/mol. The zero-order valence-corrected chi connectivity index (χ0v) is 19.5. The van der Waals surface area contributed by atoms with E-state index in [4.69, 9.17) is 0 Å². The summed E-state index contributed by atoms with van der Waals surface area (Å²) >= 11 is 0. The van der Waals surface area contributed by atoms with E-state index >= 15 is 0 Å². The average molecular weight is 389 g/mol. The van der Waals surface area contributed by atoms with Crippen molar-refractivity contribution in [2.75, 3.05) is 0 Å². The molecule has 0 heterocycles. The monoisotopic (exact) mass is 388 g/mol. The Balaban J connectivity index is 0.000000989. The molecule has 0 saturated carbocycles. The molecule has 3 aliphatic rings. The van der Waals surface area contributed by atoms with E-state index in [1.54, 1.807) is 0 Å². The molecule has 0 spiro atoms. The van der Waals surface area contributed by atoms with Crippen molar-refractivity contribution in [1.82, 2.24) is 0 Å². The molecule has 0 bridgehead atoms. The number of rotatable bonds is 5. The summed E-state index contributed by atoms with van der Waals surface area (Å²) in [6, 6.07) is 0. The first-order chi connectivity index (χ1) is 14.1. The summed E-state index contributed by atoms with van der Waals surface area (Å²) in [4.78, 5) is 0. The van der Waals surface area contributed by atoms with Crippen LogP contribution in [0, 0.1) is 17.8 Å². The minimum Gasteiger partial charge on any atom is -0.0985 e. The Bertz CT molecular complexity index is 786. The Kier molecular flexibility index (Phi) is 10.5. The van der Waals surface area contributed by atoms with Crippen LogP contribution in [0.5, 0.6) is 0 Å². The van der Waals surface area contributed by atoms with E-state index in [2.05, 4.69) is 70.0 Å². The Morgan fingerprint density at radius 3 is 2.03 bits per heavy atom. The maximum atomic E-state index is 4.06. The van der Waals surface area contributed by atoms with E-state index in [1.807, 2.05) is 45.9 Å². The van der Waals surface area contributed by atoms with Crippen molar-refractivity contribution >= 4 is 0 Å². The lowest BCUT2D eigenvalue weighted by Gasteiger charge is -2.35. The van der Waals surface area contributed by atoms with Gasteiger partial charge in [-0.15, -0.1) is 0 Å². The van der Waals surface area contributed by atoms with Crippen molar-refractivity contribution in [3.63, 3.8) is 0 Å². The summed E-state index contributed by atoms with van der Waals surface area (Å²) in [5.41, 5.74) is 7.93. The van der Waals surface area contributed by atoms with Crippen LogP contribution >= 0.6 is 0 Å². The number of allylic oxidation sites excluding steroid dienone is 15. The smallest absolute Gasteiger partial charge is 0.0134 e. The van der Waals surface area contributed by atoms with Crippen molar-refractivity contribution in [2.24, 2.45) is 17.8 Å². The third kappa shape index (κ3) is 5.38. The average Bonchev–Trinajstić information content (AvgIpc) is 2.79. The standard InChI is InChI=1S/C25H28.2C2H6/c1-6-18-11-10-17(5)14-23(18)25-19(7-2)12-13-22-15-20(8-3)21(9-4)16-24(22)25;2*1-2/h6,8-9,11-17,22,24H,1,3-4,7,10H2,2,5H3;2*1-2H3. The molecule has 3 aliphatic carbocycles. The first-order valence-corrected chi connectivity index (χ1v) is 11.3. The predicted octanol–water partition coefficient (Wildman–Crippen LogP) is 8.86. The maximum Gasteiger partial charge on any atom is 0.0134 e. The van der Waals surface area contributed by atoms with E-state index in [0.29, 0.717) is 17.8 Å². The second-order valence-electron chi connectivity index (χ2n) is 7.06. The molecule has 0 radical (unpaired) electrons. The zero-order valence-electron chi connectivity index (χ0n) is 19.5. The molecule has 0 aromatic rings. The minimum absolute atomic E-state index is 0.358. The van der Waals surface area contributed by atoms with Gasteiger partial charge in [0.15, 0.2) is 0 Å². The molecule has 3 rings (SSSR count). The number of hydrogen-bond donors (Lipinski definition) is 0. The summed E-state index contributed by atoms with van der Waals surface area (Å²) in [5.74, 6) is 1.31. The van der Waals surface area contributed by atoms with Crippen molar-refractivity contribution < 1.29 is 0 Å².